The Morgan fingerprint density at radius 1 is 1.37 bits per heavy atom. The maximum atomic E-state index is 12.0. The van der Waals surface area contributed by atoms with Crippen LogP contribution < -0.4 is 10.6 Å². The van der Waals surface area contributed by atoms with E-state index in [9.17, 15) is 9.59 Å². The lowest BCUT2D eigenvalue weighted by Crippen LogP contribution is -2.35. The fourth-order valence-corrected chi connectivity index (χ4v) is 2.29. The summed E-state index contributed by atoms with van der Waals surface area (Å²) >= 11 is 0. The summed E-state index contributed by atoms with van der Waals surface area (Å²) in [6.07, 6.45) is 1.81. The van der Waals surface area contributed by atoms with Crippen LogP contribution in [0.1, 0.15) is 34.3 Å². The van der Waals surface area contributed by atoms with Gasteiger partial charge in [0.15, 0.2) is 0 Å². The van der Waals surface area contributed by atoms with Gasteiger partial charge in [0.1, 0.15) is 0 Å². The smallest absolute Gasteiger partial charge is 0.336 e. The van der Waals surface area contributed by atoms with E-state index in [0.29, 0.717) is 5.69 Å². The van der Waals surface area contributed by atoms with E-state index in [4.69, 9.17) is 5.11 Å². The summed E-state index contributed by atoms with van der Waals surface area (Å²) in [6.45, 7) is 4.46. The van der Waals surface area contributed by atoms with Crippen LogP contribution in [-0.2, 0) is 4.79 Å². The summed E-state index contributed by atoms with van der Waals surface area (Å²) in [7, 11) is 0. The molecule has 0 bridgehead atoms. The highest BCUT2D eigenvalue weighted by Gasteiger charge is 2.22. The molecule has 0 unspecified atom stereocenters. The van der Waals surface area contributed by atoms with Crippen molar-refractivity contribution in [1.29, 1.82) is 0 Å². The number of anilines is 1. The van der Waals surface area contributed by atoms with Gasteiger partial charge in [-0.05, 0) is 56.5 Å². The summed E-state index contributed by atoms with van der Waals surface area (Å²) in [5.41, 5.74) is 2.35. The van der Waals surface area contributed by atoms with Gasteiger partial charge in [0.05, 0.1) is 11.6 Å². The minimum atomic E-state index is -0.976. The number of carbonyl (C=O) groups is 2. The fourth-order valence-electron chi connectivity index (χ4n) is 2.29. The van der Waals surface area contributed by atoms with E-state index < -0.39 is 5.97 Å². The number of hydrogen-bond acceptors (Lipinski definition) is 3. The molecule has 0 aliphatic carbocycles. The second-order valence-corrected chi connectivity index (χ2v) is 4.91. The zero-order valence-corrected chi connectivity index (χ0v) is 11.1. The van der Waals surface area contributed by atoms with Crippen LogP contribution in [0.25, 0.3) is 0 Å². The van der Waals surface area contributed by atoms with Crippen LogP contribution in [0, 0.1) is 13.8 Å². The second-order valence-electron chi connectivity index (χ2n) is 4.91. The van der Waals surface area contributed by atoms with Crippen molar-refractivity contribution in [1.82, 2.24) is 5.32 Å². The molecule has 0 spiro atoms. The first-order valence-electron chi connectivity index (χ1n) is 6.38. The van der Waals surface area contributed by atoms with E-state index in [1.807, 2.05) is 6.92 Å². The highest BCUT2D eigenvalue weighted by molar-refractivity contribution is 5.97. The zero-order valence-electron chi connectivity index (χ0n) is 11.1. The molecule has 5 nitrogen and oxygen atoms in total. The van der Waals surface area contributed by atoms with Gasteiger partial charge in [-0.1, -0.05) is 0 Å². The molecule has 1 heterocycles. The molecular weight excluding hydrogens is 244 g/mol. The van der Waals surface area contributed by atoms with Crippen molar-refractivity contribution >= 4 is 17.6 Å². The van der Waals surface area contributed by atoms with Gasteiger partial charge in [0.2, 0.25) is 5.91 Å². The third-order valence-electron chi connectivity index (χ3n) is 3.54. The Balaban J connectivity index is 2.20. The predicted octanol–water partition coefficient (Wildman–Crippen LogP) is 1.69. The maximum Gasteiger partial charge on any atom is 0.336 e. The minimum Gasteiger partial charge on any atom is -0.478 e. The summed E-state index contributed by atoms with van der Waals surface area (Å²) in [4.78, 5) is 23.1. The molecule has 102 valence electrons. The van der Waals surface area contributed by atoms with Crippen LogP contribution >= 0.6 is 0 Å². The first-order valence-corrected chi connectivity index (χ1v) is 6.38. The average molecular weight is 262 g/mol. The molecule has 5 heteroatoms. The lowest BCUT2D eigenvalue weighted by atomic mass is 10.0. The Hall–Kier alpha value is -1.88. The van der Waals surface area contributed by atoms with Gasteiger partial charge in [0, 0.05) is 5.69 Å². The molecule has 1 saturated heterocycles. The molecule has 2 rings (SSSR count). The molecule has 1 atom stereocenters. The molecular formula is C14H18N2O3. The normalized spacial score (nSPS) is 18.3. The minimum absolute atomic E-state index is 0.0999. The average Bonchev–Trinajstić information content (AvgIpc) is 2.86. The van der Waals surface area contributed by atoms with Crippen molar-refractivity contribution in [3.05, 3.63) is 28.8 Å². The van der Waals surface area contributed by atoms with Crippen LogP contribution in [0.15, 0.2) is 12.1 Å². The van der Waals surface area contributed by atoms with Gasteiger partial charge >= 0.3 is 5.97 Å². The molecule has 1 aliphatic rings. The SMILES string of the molecule is Cc1cc(NC(=O)[C@@H]2CCCN2)cc(C(=O)O)c1C. The Morgan fingerprint density at radius 2 is 2.11 bits per heavy atom. The third kappa shape index (κ3) is 2.93. The van der Waals surface area contributed by atoms with E-state index in [-0.39, 0.29) is 17.5 Å². The van der Waals surface area contributed by atoms with Gasteiger partial charge < -0.3 is 15.7 Å². The summed E-state index contributed by atoms with van der Waals surface area (Å²) in [5, 5.41) is 15.0. The van der Waals surface area contributed by atoms with E-state index in [1.54, 1.807) is 13.0 Å². The van der Waals surface area contributed by atoms with E-state index in [2.05, 4.69) is 10.6 Å². The standard InChI is InChI=1S/C14H18N2O3/c1-8-6-10(7-11(9(8)2)14(18)19)16-13(17)12-4-3-5-15-12/h6-7,12,15H,3-5H2,1-2H3,(H,16,17)(H,18,19)/t12-/m0/s1. The van der Waals surface area contributed by atoms with Gasteiger partial charge in [-0.15, -0.1) is 0 Å². The number of amides is 1. The van der Waals surface area contributed by atoms with Crippen molar-refractivity contribution in [2.24, 2.45) is 0 Å². The number of aromatic carboxylic acids is 1. The number of nitrogens with one attached hydrogen (secondary N) is 2. The highest BCUT2D eigenvalue weighted by Crippen LogP contribution is 2.20. The van der Waals surface area contributed by atoms with Crippen molar-refractivity contribution < 1.29 is 14.7 Å². The topological polar surface area (TPSA) is 78.4 Å². The Labute approximate surface area is 112 Å². The first-order chi connectivity index (χ1) is 8.99. The van der Waals surface area contributed by atoms with Crippen LogP contribution in [0.5, 0.6) is 0 Å². The zero-order chi connectivity index (χ0) is 14.0. The molecule has 1 fully saturated rings. The Bertz CT molecular complexity index is 520. The summed E-state index contributed by atoms with van der Waals surface area (Å²) in [5.74, 6) is -1.08. The number of aryl methyl sites for hydroxylation is 1. The number of carboxylic acid groups (broad SMARTS) is 1. The van der Waals surface area contributed by atoms with E-state index >= 15 is 0 Å². The van der Waals surface area contributed by atoms with Crippen molar-refractivity contribution in [3.63, 3.8) is 0 Å². The predicted molar refractivity (Wildman–Crippen MR) is 72.5 cm³/mol. The fraction of sp³-hybridized carbons (Fsp3) is 0.429. The molecule has 1 aromatic rings. The van der Waals surface area contributed by atoms with E-state index in [0.717, 1.165) is 30.5 Å². The summed E-state index contributed by atoms with van der Waals surface area (Å²) in [6, 6.07) is 3.14. The molecule has 3 N–H and O–H groups in total. The lowest BCUT2D eigenvalue weighted by molar-refractivity contribution is -0.117. The van der Waals surface area contributed by atoms with E-state index in [1.165, 1.54) is 6.07 Å². The molecule has 1 aromatic carbocycles. The van der Waals surface area contributed by atoms with Crippen LogP contribution in [-0.4, -0.2) is 29.6 Å². The second kappa shape index (κ2) is 5.40. The molecule has 1 aliphatic heterocycles. The van der Waals surface area contributed by atoms with Crippen LogP contribution in [0.2, 0.25) is 0 Å². The van der Waals surface area contributed by atoms with Crippen molar-refractivity contribution in [3.8, 4) is 0 Å². The molecule has 1 amide bonds. The monoisotopic (exact) mass is 262 g/mol. The number of carbonyl (C=O) groups excluding carboxylic acids is 1. The molecule has 19 heavy (non-hydrogen) atoms. The number of rotatable bonds is 3. The Morgan fingerprint density at radius 3 is 2.68 bits per heavy atom. The van der Waals surface area contributed by atoms with Gasteiger partial charge in [0.25, 0.3) is 0 Å². The highest BCUT2D eigenvalue weighted by atomic mass is 16.4. The van der Waals surface area contributed by atoms with Crippen LogP contribution in [0.4, 0.5) is 5.69 Å². The quantitative estimate of drug-likeness (QED) is 0.774. The van der Waals surface area contributed by atoms with Gasteiger partial charge in [-0.3, -0.25) is 4.79 Å². The largest absolute Gasteiger partial charge is 0.478 e. The van der Waals surface area contributed by atoms with Crippen molar-refractivity contribution in [2.75, 3.05) is 11.9 Å². The number of benzene rings is 1. The number of carboxylic acids is 1. The van der Waals surface area contributed by atoms with Gasteiger partial charge in [-0.2, -0.15) is 0 Å². The summed E-state index contributed by atoms with van der Waals surface area (Å²) < 4.78 is 0. The lowest BCUT2D eigenvalue weighted by Gasteiger charge is -2.13. The number of hydrogen-bond donors (Lipinski definition) is 3. The Kier molecular flexibility index (Phi) is 3.85. The molecule has 0 aromatic heterocycles. The first kappa shape index (κ1) is 13.5. The third-order valence-corrected chi connectivity index (χ3v) is 3.54. The van der Waals surface area contributed by atoms with Crippen LogP contribution in [0.3, 0.4) is 0 Å². The molecule has 0 radical (unpaired) electrons. The maximum absolute atomic E-state index is 12.0. The van der Waals surface area contributed by atoms with Crippen molar-refractivity contribution in [2.45, 2.75) is 32.7 Å². The molecule has 0 saturated carbocycles. The van der Waals surface area contributed by atoms with Gasteiger partial charge in [-0.25, -0.2) is 4.79 Å².